The van der Waals surface area contributed by atoms with Crippen LogP contribution in [0, 0.1) is 11.8 Å². The number of carbonyl (C=O) groups is 1. The molecule has 0 bridgehead atoms. The zero-order chi connectivity index (χ0) is 13.2. The largest absolute Gasteiger partial charge is 0.356 e. The van der Waals surface area contributed by atoms with Gasteiger partial charge < -0.3 is 5.32 Å². The number of carbonyl (C=O) groups excluding carboxylic acids is 1. The maximum Gasteiger partial charge on any atom is 0.223 e. The van der Waals surface area contributed by atoms with Gasteiger partial charge in [0.25, 0.3) is 0 Å². The second-order valence-corrected chi connectivity index (χ2v) is 6.40. The summed E-state index contributed by atoms with van der Waals surface area (Å²) >= 11 is 1.75. The normalized spacial score (nSPS) is 21.5. The summed E-state index contributed by atoms with van der Waals surface area (Å²) in [4.78, 5) is 16.2. The fraction of sp³-hybridized carbons (Fsp3) is 0.467. The molecule has 1 aliphatic rings. The molecule has 19 heavy (non-hydrogen) atoms. The van der Waals surface area contributed by atoms with Crippen LogP contribution in [0.2, 0.25) is 0 Å². The second kappa shape index (κ2) is 5.29. The Kier molecular flexibility index (Phi) is 3.51. The van der Waals surface area contributed by atoms with Gasteiger partial charge in [0.05, 0.1) is 15.2 Å². The Balaban J connectivity index is 1.45. The van der Waals surface area contributed by atoms with Gasteiger partial charge in [0, 0.05) is 18.9 Å². The van der Waals surface area contributed by atoms with Crippen molar-refractivity contribution in [2.24, 2.45) is 11.8 Å². The molecule has 1 aromatic carbocycles. The van der Waals surface area contributed by atoms with Crippen LogP contribution >= 0.6 is 11.3 Å². The lowest BCUT2D eigenvalue weighted by molar-refractivity contribution is -0.122. The molecular weight excluding hydrogens is 256 g/mol. The van der Waals surface area contributed by atoms with Gasteiger partial charge in [0.15, 0.2) is 0 Å². The van der Waals surface area contributed by atoms with Crippen molar-refractivity contribution >= 4 is 27.5 Å². The number of thiazole rings is 1. The number of aryl methyl sites for hydroxylation is 1. The van der Waals surface area contributed by atoms with Crippen LogP contribution < -0.4 is 5.32 Å². The fourth-order valence-corrected chi connectivity index (χ4v) is 3.31. The number of benzene rings is 1. The highest BCUT2D eigenvalue weighted by Gasteiger charge is 2.38. The average Bonchev–Trinajstić information content (AvgIpc) is 3.00. The molecule has 0 radical (unpaired) electrons. The molecule has 1 fully saturated rings. The number of hydrogen-bond donors (Lipinski definition) is 1. The third kappa shape index (κ3) is 2.95. The number of aromatic nitrogens is 1. The lowest BCUT2D eigenvalue weighted by atomic mass is 10.3. The van der Waals surface area contributed by atoms with Gasteiger partial charge in [-0.05, 0) is 30.9 Å². The van der Waals surface area contributed by atoms with Crippen LogP contribution in [-0.4, -0.2) is 17.4 Å². The van der Waals surface area contributed by atoms with Gasteiger partial charge in [0.2, 0.25) is 5.91 Å². The standard InChI is InChI=1S/C15H18N2OS/c1-10-9-11(10)15(18)16-8-4-7-14-17-12-5-2-3-6-13(12)19-14/h2-3,5-6,10-11H,4,7-9H2,1H3,(H,16,18). The van der Waals surface area contributed by atoms with E-state index in [9.17, 15) is 4.79 Å². The highest BCUT2D eigenvalue weighted by Crippen LogP contribution is 2.37. The summed E-state index contributed by atoms with van der Waals surface area (Å²) in [7, 11) is 0. The molecule has 0 aliphatic heterocycles. The summed E-state index contributed by atoms with van der Waals surface area (Å²) in [6.45, 7) is 2.89. The number of rotatable bonds is 5. The summed E-state index contributed by atoms with van der Waals surface area (Å²) in [5.74, 6) is 1.10. The summed E-state index contributed by atoms with van der Waals surface area (Å²) in [5, 5.41) is 4.18. The number of amides is 1. The van der Waals surface area contributed by atoms with Crippen molar-refractivity contribution in [1.82, 2.24) is 10.3 Å². The van der Waals surface area contributed by atoms with E-state index in [0.29, 0.717) is 5.92 Å². The minimum absolute atomic E-state index is 0.233. The van der Waals surface area contributed by atoms with Gasteiger partial charge in [-0.25, -0.2) is 4.98 Å². The Morgan fingerprint density at radius 3 is 3.00 bits per heavy atom. The van der Waals surface area contributed by atoms with Crippen molar-refractivity contribution < 1.29 is 4.79 Å². The highest BCUT2D eigenvalue weighted by molar-refractivity contribution is 7.18. The molecule has 2 unspecified atom stereocenters. The van der Waals surface area contributed by atoms with Crippen LogP contribution in [0.3, 0.4) is 0 Å². The average molecular weight is 274 g/mol. The molecule has 1 aliphatic carbocycles. The number of hydrogen-bond acceptors (Lipinski definition) is 3. The van der Waals surface area contributed by atoms with E-state index >= 15 is 0 Å². The number of para-hydroxylation sites is 1. The second-order valence-electron chi connectivity index (χ2n) is 5.29. The van der Waals surface area contributed by atoms with E-state index in [-0.39, 0.29) is 11.8 Å². The Hall–Kier alpha value is -1.42. The van der Waals surface area contributed by atoms with Crippen LogP contribution in [0.15, 0.2) is 24.3 Å². The summed E-state index contributed by atoms with van der Waals surface area (Å²) < 4.78 is 1.24. The molecular formula is C15H18N2OS. The fourth-order valence-electron chi connectivity index (χ4n) is 2.30. The van der Waals surface area contributed by atoms with E-state index in [0.717, 1.165) is 36.3 Å². The highest BCUT2D eigenvalue weighted by atomic mass is 32.1. The smallest absolute Gasteiger partial charge is 0.223 e. The van der Waals surface area contributed by atoms with Crippen molar-refractivity contribution in [2.75, 3.05) is 6.54 Å². The number of nitrogens with zero attached hydrogens (tertiary/aromatic N) is 1. The van der Waals surface area contributed by atoms with Crippen LogP contribution in [0.25, 0.3) is 10.2 Å². The molecule has 0 saturated heterocycles. The first kappa shape index (κ1) is 12.6. The lowest BCUT2D eigenvalue weighted by Gasteiger charge is -2.02. The van der Waals surface area contributed by atoms with Crippen molar-refractivity contribution in [3.8, 4) is 0 Å². The maximum atomic E-state index is 11.6. The van der Waals surface area contributed by atoms with Crippen molar-refractivity contribution in [3.63, 3.8) is 0 Å². The molecule has 1 aromatic heterocycles. The van der Waals surface area contributed by atoms with Crippen LogP contribution in [-0.2, 0) is 11.2 Å². The third-order valence-electron chi connectivity index (χ3n) is 3.65. The molecule has 1 N–H and O–H groups in total. The molecule has 1 heterocycles. The Morgan fingerprint density at radius 1 is 1.47 bits per heavy atom. The topological polar surface area (TPSA) is 42.0 Å². The van der Waals surface area contributed by atoms with E-state index in [2.05, 4.69) is 23.3 Å². The predicted molar refractivity (Wildman–Crippen MR) is 78.2 cm³/mol. The zero-order valence-electron chi connectivity index (χ0n) is 11.1. The summed E-state index contributed by atoms with van der Waals surface area (Å²) in [6, 6.07) is 8.21. The van der Waals surface area contributed by atoms with Gasteiger partial charge >= 0.3 is 0 Å². The van der Waals surface area contributed by atoms with E-state index in [4.69, 9.17) is 0 Å². The Morgan fingerprint density at radius 2 is 2.26 bits per heavy atom. The quantitative estimate of drug-likeness (QED) is 0.852. The molecule has 3 rings (SSSR count). The number of nitrogens with one attached hydrogen (secondary N) is 1. The molecule has 100 valence electrons. The molecule has 0 spiro atoms. The lowest BCUT2D eigenvalue weighted by Crippen LogP contribution is -2.26. The van der Waals surface area contributed by atoms with E-state index < -0.39 is 0 Å². The first-order chi connectivity index (χ1) is 9.24. The Labute approximate surface area is 117 Å². The van der Waals surface area contributed by atoms with E-state index in [1.165, 1.54) is 4.70 Å². The van der Waals surface area contributed by atoms with E-state index in [1.54, 1.807) is 11.3 Å². The van der Waals surface area contributed by atoms with Gasteiger partial charge in [-0.15, -0.1) is 11.3 Å². The van der Waals surface area contributed by atoms with Crippen LogP contribution in [0.1, 0.15) is 24.8 Å². The molecule has 1 saturated carbocycles. The Bertz CT molecular complexity index is 560. The zero-order valence-corrected chi connectivity index (χ0v) is 11.9. The minimum Gasteiger partial charge on any atom is -0.356 e. The first-order valence-corrected chi connectivity index (χ1v) is 7.68. The van der Waals surface area contributed by atoms with Gasteiger partial charge in [-0.2, -0.15) is 0 Å². The van der Waals surface area contributed by atoms with Gasteiger partial charge in [-0.3, -0.25) is 4.79 Å². The number of fused-ring (bicyclic) bond motifs is 1. The SMILES string of the molecule is CC1CC1C(=O)NCCCc1nc2ccccc2s1. The molecule has 2 atom stereocenters. The molecule has 2 aromatic rings. The molecule has 3 nitrogen and oxygen atoms in total. The van der Waals surface area contributed by atoms with Crippen molar-refractivity contribution in [2.45, 2.75) is 26.2 Å². The monoisotopic (exact) mass is 274 g/mol. The minimum atomic E-state index is 0.233. The predicted octanol–water partition coefficient (Wildman–Crippen LogP) is 3.00. The molecule has 4 heteroatoms. The molecule has 1 amide bonds. The van der Waals surface area contributed by atoms with Crippen molar-refractivity contribution in [3.05, 3.63) is 29.3 Å². The maximum absolute atomic E-state index is 11.6. The van der Waals surface area contributed by atoms with Crippen molar-refractivity contribution in [1.29, 1.82) is 0 Å². The van der Waals surface area contributed by atoms with E-state index in [1.807, 2.05) is 18.2 Å². The summed E-state index contributed by atoms with van der Waals surface area (Å²) in [6.07, 6.45) is 2.97. The first-order valence-electron chi connectivity index (χ1n) is 6.86. The summed E-state index contributed by atoms with van der Waals surface area (Å²) in [5.41, 5.74) is 1.08. The van der Waals surface area contributed by atoms with Gasteiger partial charge in [0.1, 0.15) is 0 Å². The van der Waals surface area contributed by atoms with Crippen LogP contribution in [0.4, 0.5) is 0 Å². The van der Waals surface area contributed by atoms with Crippen LogP contribution in [0.5, 0.6) is 0 Å². The van der Waals surface area contributed by atoms with Gasteiger partial charge in [-0.1, -0.05) is 19.1 Å². The third-order valence-corrected chi connectivity index (χ3v) is 4.75.